The van der Waals surface area contributed by atoms with E-state index in [0.717, 1.165) is 12.8 Å². The van der Waals surface area contributed by atoms with Crippen LogP contribution in [0.3, 0.4) is 0 Å². The molecule has 2 unspecified atom stereocenters. The Morgan fingerprint density at radius 2 is 2.06 bits per heavy atom. The standard InChI is InChI=1S/C11H18F3NO/c1-3-9-7-15(5-4-8(9)2)10(16)6-11(12,13)14/h8-9H,3-7H2,1-2H3. The van der Waals surface area contributed by atoms with Crippen LogP contribution < -0.4 is 0 Å². The van der Waals surface area contributed by atoms with Gasteiger partial charge in [-0.25, -0.2) is 0 Å². The molecule has 0 aliphatic carbocycles. The van der Waals surface area contributed by atoms with Gasteiger partial charge in [0.25, 0.3) is 0 Å². The number of likely N-dealkylation sites (tertiary alicyclic amines) is 1. The molecule has 0 aromatic heterocycles. The first-order valence-corrected chi connectivity index (χ1v) is 5.68. The molecule has 2 atom stereocenters. The number of halogens is 3. The lowest BCUT2D eigenvalue weighted by Gasteiger charge is -2.36. The van der Waals surface area contributed by atoms with E-state index in [4.69, 9.17) is 0 Å². The van der Waals surface area contributed by atoms with Gasteiger partial charge in [0, 0.05) is 13.1 Å². The van der Waals surface area contributed by atoms with E-state index in [-0.39, 0.29) is 0 Å². The van der Waals surface area contributed by atoms with Gasteiger partial charge in [0.05, 0.1) is 0 Å². The molecular formula is C11H18F3NO. The van der Waals surface area contributed by atoms with E-state index in [9.17, 15) is 18.0 Å². The number of hydrogen-bond acceptors (Lipinski definition) is 1. The molecule has 0 bridgehead atoms. The zero-order valence-corrected chi connectivity index (χ0v) is 9.68. The van der Waals surface area contributed by atoms with Crippen LogP contribution in [0.5, 0.6) is 0 Å². The third kappa shape index (κ3) is 3.68. The van der Waals surface area contributed by atoms with Gasteiger partial charge in [-0.3, -0.25) is 4.79 Å². The number of carbonyl (C=O) groups excluding carboxylic acids is 1. The molecule has 0 N–H and O–H groups in total. The fraction of sp³-hybridized carbons (Fsp3) is 0.909. The summed E-state index contributed by atoms with van der Waals surface area (Å²) < 4.78 is 36.2. The Bertz CT molecular complexity index is 252. The van der Waals surface area contributed by atoms with E-state index < -0.39 is 18.5 Å². The first kappa shape index (κ1) is 13.3. The number of carbonyl (C=O) groups is 1. The lowest BCUT2D eigenvalue weighted by molar-refractivity contribution is -0.163. The van der Waals surface area contributed by atoms with E-state index in [1.165, 1.54) is 4.90 Å². The van der Waals surface area contributed by atoms with Gasteiger partial charge in [-0.15, -0.1) is 0 Å². The predicted molar refractivity (Wildman–Crippen MR) is 54.8 cm³/mol. The summed E-state index contributed by atoms with van der Waals surface area (Å²) in [7, 11) is 0. The molecule has 16 heavy (non-hydrogen) atoms. The molecule has 0 aromatic carbocycles. The van der Waals surface area contributed by atoms with E-state index >= 15 is 0 Å². The van der Waals surface area contributed by atoms with Crippen molar-refractivity contribution in [1.29, 1.82) is 0 Å². The van der Waals surface area contributed by atoms with Crippen LogP contribution >= 0.6 is 0 Å². The molecule has 1 saturated heterocycles. The summed E-state index contributed by atoms with van der Waals surface area (Å²) >= 11 is 0. The Labute approximate surface area is 93.8 Å². The van der Waals surface area contributed by atoms with Gasteiger partial charge < -0.3 is 4.90 Å². The zero-order chi connectivity index (χ0) is 12.3. The van der Waals surface area contributed by atoms with Gasteiger partial charge in [0.1, 0.15) is 6.42 Å². The van der Waals surface area contributed by atoms with Gasteiger partial charge >= 0.3 is 6.18 Å². The topological polar surface area (TPSA) is 20.3 Å². The van der Waals surface area contributed by atoms with E-state index in [2.05, 4.69) is 6.92 Å². The van der Waals surface area contributed by atoms with Crippen molar-refractivity contribution < 1.29 is 18.0 Å². The molecule has 0 spiro atoms. The fourth-order valence-electron chi connectivity index (χ4n) is 2.19. The largest absolute Gasteiger partial charge is 0.397 e. The van der Waals surface area contributed by atoms with E-state index in [0.29, 0.717) is 24.9 Å². The lowest BCUT2D eigenvalue weighted by atomic mass is 9.85. The molecule has 1 fully saturated rings. The van der Waals surface area contributed by atoms with Crippen molar-refractivity contribution in [2.75, 3.05) is 13.1 Å². The molecule has 1 heterocycles. The highest BCUT2D eigenvalue weighted by molar-refractivity contribution is 5.76. The van der Waals surface area contributed by atoms with Crippen LogP contribution in [0.4, 0.5) is 13.2 Å². The van der Waals surface area contributed by atoms with Crippen LogP contribution in [0, 0.1) is 11.8 Å². The molecule has 0 saturated carbocycles. The summed E-state index contributed by atoms with van der Waals surface area (Å²) in [5.74, 6) is 0.0590. The first-order chi connectivity index (χ1) is 7.33. The number of amides is 1. The van der Waals surface area contributed by atoms with Crippen LogP contribution in [-0.2, 0) is 4.79 Å². The van der Waals surface area contributed by atoms with E-state index in [1.807, 2.05) is 6.92 Å². The number of piperidine rings is 1. The Morgan fingerprint density at radius 3 is 2.56 bits per heavy atom. The second-order valence-corrected chi connectivity index (χ2v) is 4.57. The average Bonchev–Trinajstić information content (AvgIpc) is 2.15. The monoisotopic (exact) mass is 237 g/mol. The minimum atomic E-state index is -4.39. The third-order valence-electron chi connectivity index (χ3n) is 3.34. The zero-order valence-electron chi connectivity index (χ0n) is 9.68. The molecule has 1 aliphatic heterocycles. The van der Waals surface area contributed by atoms with Crippen LogP contribution in [0.1, 0.15) is 33.1 Å². The SMILES string of the molecule is CCC1CN(C(=O)CC(F)(F)F)CCC1C. The van der Waals surface area contributed by atoms with Gasteiger partial charge in [-0.05, 0) is 18.3 Å². The number of alkyl halides is 3. The van der Waals surface area contributed by atoms with Crippen molar-refractivity contribution in [3.05, 3.63) is 0 Å². The summed E-state index contributed by atoms with van der Waals surface area (Å²) in [4.78, 5) is 12.8. The molecule has 1 aliphatic rings. The Balaban J connectivity index is 2.52. The predicted octanol–water partition coefficient (Wildman–Crippen LogP) is 2.83. The maximum Gasteiger partial charge on any atom is 0.397 e. The van der Waals surface area contributed by atoms with Crippen molar-refractivity contribution in [3.63, 3.8) is 0 Å². The van der Waals surface area contributed by atoms with Crippen molar-refractivity contribution in [1.82, 2.24) is 4.90 Å². The van der Waals surface area contributed by atoms with Crippen molar-refractivity contribution in [2.45, 2.75) is 39.3 Å². The van der Waals surface area contributed by atoms with Crippen LogP contribution in [0.15, 0.2) is 0 Å². The Hall–Kier alpha value is -0.740. The first-order valence-electron chi connectivity index (χ1n) is 5.68. The second kappa shape index (κ2) is 5.06. The minimum absolute atomic E-state index is 0.339. The summed E-state index contributed by atoms with van der Waals surface area (Å²) in [5.41, 5.74) is 0. The van der Waals surface area contributed by atoms with Gasteiger partial charge in [0.2, 0.25) is 5.91 Å². The highest BCUT2D eigenvalue weighted by Crippen LogP contribution is 2.28. The number of nitrogens with zero attached hydrogens (tertiary/aromatic N) is 1. The number of hydrogen-bond donors (Lipinski definition) is 0. The molecule has 1 amide bonds. The Morgan fingerprint density at radius 1 is 1.44 bits per heavy atom. The third-order valence-corrected chi connectivity index (χ3v) is 3.34. The maximum absolute atomic E-state index is 12.1. The van der Waals surface area contributed by atoms with Crippen molar-refractivity contribution in [3.8, 4) is 0 Å². The van der Waals surface area contributed by atoms with Crippen LogP contribution in [0.25, 0.3) is 0 Å². The maximum atomic E-state index is 12.1. The highest BCUT2D eigenvalue weighted by atomic mass is 19.4. The van der Waals surface area contributed by atoms with Crippen molar-refractivity contribution >= 4 is 5.91 Å². The fourth-order valence-corrected chi connectivity index (χ4v) is 2.19. The number of rotatable bonds is 2. The quantitative estimate of drug-likeness (QED) is 0.723. The minimum Gasteiger partial charge on any atom is -0.342 e. The van der Waals surface area contributed by atoms with E-state index in [1.54, 1.807) is 0 Å². The van der Waals surface area contributed by atoms with Gasteiger partial charge in [-0.2, -0.15) is 13.2 Å². The lowest BCUT2D eigenvalue weighted by Crippen LogP contribution is -2.44. The summed E-state index contributed by atoms with van der Waals surface area (Å²) in [5, 5.41) is 0. The average molecular weight is 237 g/mol. The molecule has 0 aromatic rings. The molecule has 1 rings (SSSR count). The molecule has 94 valence electrons. The normalized spacial score (nSPS) is 26.9. The summed E-state index contributed by atoms with van der Waals surface area (Å²) in [6.45, 7) is 5.05. The van der Waals surface area contributed by atoms with Crippen LogP contribution in [0.2, 0.25) is 0 Å². The highest BCUT2D eigenvalue weighted by Gasteiger charge is 2.35. The summed E-state index contributed by atoms with van der Waals surface area (Å²) in [6.07, 6.45) is -3.99. The molecular weight excluding hydrogens is 219 g/mol. The molecule has 5 heteroatoms. The van der Waals surface area contributed by atoms with Gasteiger partial charge in [-0.1, -0.05) is 20.3 Å². The Kier molecular flexibility index (Phi) is 4.21. The van der Waals surface area contributed by atoms with Crippen LogP contribution in [-0.4, -0.2) is 30.1 Å². The van der Waals surface area contributed by atoms with Crippen molar-refractivity contribution in [2.24, 2.45) is 11.8 Å². The molecule has 0 radical (unpaired) electrons. The van der Waals surface area contributed by atoms with Gasteiger partial charge in [0.15, 0.2) is 0 Å². The smallest absolute Gasteiger partial charge is 0.342 e. The molecule has 2 nitrogen and oxygen atoms in total. The summed E-state index contributed by atoms with van der Waals surface area (Å²) in [6, 6.07) is 0. The second-order valence-electron chi connectivity index (χ2n) is 4.57.